The van der Waals surface area contributed by atoms with Crippen molar-refractivity contribution in [3.8, 4) is 17.2 Å². The zero-order chi connectivity index (χ0) is 24.9. The minimum atomic E-state index is -0.439. The van der Waals surface area contributed by atoms with Crippen molar-refractivity contribution in [2.75, 3.05) is 45.9 Å². The Kier molecular flexibility index (Phi) is 7.48. The topological polar surface area (TPSA) is 111 Å². The molecule has 1 aromatic carbocycles. The smallest absolute Gasteiger partial charge is 0.228 e. The summed E-state index contributed by atoms with van der Waals surface area (Å²) >= 11 is 0. The Bertz CT molecular complexity index is 1040. The highest BCUT2D eigenvalue weighted by molar-refractivity contribution is 6.00. The van der Waals surface area contributed by atoms with Gasteiger partial charge in [-0.2, -0.15) is 0 Å². The number of ether oxygens (including phenoxy) is 3. The van der Waals surface area contributed by atoms with E-state index in [9.17, 15) is 14.4 Å². The molecule has 2 aliphatic rings. The molecule has 3 amide bonds. The van der Waals surface area contributed by atoms with Crippen LogP contribution in [-0.4, -0.2) is 63.6 Å². The predicted octanol–water partition coefficient (Wildman–Crippen LogP) is 2.21. The second kappa shape index (κ2) is 10.7. The lowest BCUT2D eigenvalue weighted by molar-refractivity contribution is -0.139. The van der Waals surface area contributed by atoms with Crippen molar-refractivity contribution >= 4 is 23.4 Å². The lowest BCUT2D eigenvalue weighted by Crippen LogP contribution is -2.45. The molecule has 1 unspecified atom stereocenters. The van der Waals surface area contributed by atoms with Crippen molar-refractivity contribution in [1.82, 2.24) is 10.2 Å². The zero-order valence-corrected chi connectivity index (χ0v) is 20.2. The van der Waals surface area contributed by atoms with Gasteiger partial charge in [0.1, 0.15) is 5.76 Å². The van der Waals surface area contributed by atoms with Gasteiger partial charge in [-0.15, -0.1) is 0 Å². The van der Waals surface area contributed by atoms with Gasteiger partial charge in [0.15, 0.2) is 11.5 Å². The van der Waals surface area contributed by atoms with Crippen LogP contribution in [0.15, 0.2) is 34.9 Å². The van der Waals surface area contributed by atoms with Crippen molar-refractivity contribution in [3.05, 3.63) is 36.3 Å². The summed E-state index contributed by atoms with van der Waals surface area (Å²) in [4.78, 5) is 41.8. The highest BCUT2D eigenvalue weighted by Crippen LogP contribution is 2.42. The third kappa shape index (κ3) is 5.21. The number of nitrogens with zero attached hydrogens (tertiary/aromatic N) is 2. The van der Waals surface area contributed by atoms with Crippen LogP contribution >= 0.6 is 0 Å². The molecule has 2 aromatic rings. The molecule has 188 valence electrons. The molecule has 1 atom stereocenters. The number of nitrogens with one attached hydrogen (secondary N) is 1. The van der Waals surface area contributed by atoms with Gasteiger partial charge in [-0.25, -0.2) is 0 Å². The molecular weight excluding hydrogens is 454 g/mol. The summed E-state index contributed by atoms with van der Waals surface area (Å²) in [7, 11) is 4.54. The van der Waals surface area contributed by atoms with Crippen LogP contribution in [0.1, 0.15) is 25.0 Å². The summed E-state index contributed by atoms with van der Waals surface area (Å²) in [6, 6.07) is 7.01. The maximum Gasteiger partial charge on any atom is 0.228 e. The fourth-order valence-electron chi connectivity index (χ4n) is 4.70. The van der Waals surface area contributed by atoms with E-state index in [1.165, 1.54) is 21.3 Å². The molecule has 0 saturated carbocycles. The predicted molar refractivity (Wildman–Crippen MR) is 126 cm³/mol. The summed E-state index contributed by atoms with van der Waals surface area (Å²) in [5.74, 6) is 1.22. The minimum absolute atomic E-state index is 0.0295. The molecule has 10 heteroatoms. The quantitative estimate of drug-likeness (QED) is 0.610. The number of amides is 3. The van der Waals surface area contributed by atoms with Gasteiger partial charge in [-0.05, 0) is 25.0 Å². The number of piperidine rings is 1. The van der Waals surface area contributed by atoms with Crippen LogP contribution in [-0.2, 0) is 20.9 Å². The summed E-state index contributed by atoms with van der Waals surface area (Å²) in [6.07, 6.45) is 2.89. The molecule has 1 N–H and O–H groups in total. The number of carbonyl (C=O) groups excluding carboxylic acids is 3. The molecule has 1 aromatic heterocycles. The van der Waals surface area contributed by atoms with Crippen molar-refractivity contribution in [3.63, 3.8) is 0 Å². The van der Waals surface area contributed by atoms with E-state index in [-0.39, 0.29) is 36.6 Å². The van der Waals surface area contributed by atoms with Crippen LogP contribution in [0.4, 0.5) is 5.69 Å². The van der Waals surface area contributed by atoms with Crippen LogP contribution in [0.25, 0.3) is 0 Å². The first kappa shape index (κ1) is 24.4. The number of hydrogen-bond acceptors (Lipinski definition) is 7. The van der Waals surface area contributed by atoms with Crippen LogP contribution in [0.5, 0.6) is 17.2 Å². The highest BCUT2D eigenvalue weighted by atomic mass is 16.5. The number of methoxy groups -OCH3 is 3. The Balaban J connectivity index is 1.34. The average Bonchev–Trinajstić information content (AvgIpc) is 3.55. The van der Waals surface area contributed by atoms with E-state index in [0.717, 1.165) is 0 Å². The van der Waals surface area contributed by atoms with Gasteiger partial charge >= 0.3 is 0 Å². The molecule has 3 heterocycles. The molecule has 0 radical (unpaired) electrons. The van der Waals surface area contributed by atoms with Crippen LogP contribution in [0.3, 0.4) is 0 Å². The molecule has 2 fully saturated rings. The number of furan rings is 1. The maximum absolute atomic E-state index is 13.2. The number of rotatable bonds is 8. The van der Waals surface area contributed by atoms with E-state index in [1.54, 1.807) is 34.3 Å². The maximum atomic E-state index is 13.2. The third-order valence-electron chi connectivity index (χ3n) is 6.63. The van der Waals surface area contributed by atoms with E-state index >= 15 is 0 Å². The van der Waals surface area contributed by atoms with E-state index < -0.39 is 5.92 Å². The van der Waals surface area contributed by atoms with E-state index in [2.05, 4.69) is 5.32 Å². The molecule has 4 rings (SSSR count). The second-order valence-electron chi connectivity index (χ2n) is 8.69. The lowest BCUT2D eigenvalue weighted by Gasteiger charge is -2.32. The van der Waals surface area contributed by atoms with Gasteiger partial charge in [-0.3, -0.25) is 14.4 Å². The first-order valence-electron chi connectivity index (χ1n) is 11.6. The monoisotopic (exact) mass is 485 g/mol. The van der Waals surface area contributed by atoms with E-state index in [1.807, 2.05) is 6.07 Å². The Hall–Kier alpha value is -3.69. The summed E-state index contributed by atoms with van der Waals surface area (Å²) in [6.45, 7) is 1.62. The molecule has 0 spiro atoms. The van der Waals surface area contributed by atoms with Crippen LogP contribution in [0.2, 0.25) is 0 Å². The fourth-order valence-corrected chi connectivity index (χ4v) is 4.70. The Morgan fingerprint density at radius 3 is 2.31 bits per heavy atom. The summed E-state index contributed by atoms with van der Waals surface area (Å²) in [5.41, 5.74) is 0.590. The summed E-state index contributed by atoms with van der Waals surface area (Å²) in [5, 5.41) is 2.89. The molecule has 0 aliphatic carbocycles. The standard InChI is InChI=1S/C25H31N3O7/c1-32-20-12-18(13-21(33-2)23(20)34-3)28-15-17(11-22(28)29)25(31)27-8-6-16(7-9-27)24(30)26-14-19-5-4-10-35-19/h4-5,10,12-13,16-17H,6-9,11,14-15H2,1-3H3,(H,26,30). The van der Waals surface area contributed by atoms with Gasteiger partial charge < -0.3 is 33.7 Å². The van der Waals surface area contributed by atoms with Crippen molar-refractivity contribution in [2.45, 2.75) is 25.8 Å². The van der Waals surface area contributed by atoms with Crippen molar-refractivity contribution in [1.29, 1.82) is 0 Å². The van der Waals surface area contributed by atoms with Gasteiger partial charge in [0, 0.05) is 44.1 Å². The molecule has 2 aliphatic heterocycles. The minimum Gasteiger partial charge on any atom is -0.493 e. The second-order valence-corrected chi connectivity index (χ2v) is 8.69. The first-order valence-corrected chi connectivity index (χ1v) is 11.6. The fraction of sp³-hybridized carbons (Fsp3) is 0.480. The Morgan fingerprint density at radius 2 is 1.74 bits per heavy atom. The van der Waals surface area contributed by atoms with Gasteiger partial charge in [0.2, 0.25) is 23.5 Å². The molecule has 0 bridgehead atoms. The first-order chi connectivity index (χ1) is 16.9. The number of benzene rings is 1. The Labute approximate surface area is 204 Å². The highest BCUT2D eigenvalue weighted by Gasteiger charge is 2.39. The molecule has 10 nitrogen and oxygen atoms in total. The number of likely N-dealkylation sites (tertiary alicyclic amines) is 1. The zero-order valence-electron chi connectivity index (χ0n) is 20.2. The molecule has 35 heavy (non-hydrogen) atoms. The molecule has 2 saturated heterocycles. The normalized spacial score (nSPS) is 18.5. The number of anilines is 1. The average molecular weight is 486 g/mol. The molecular formula is C25H31N3O7. The van der Waals surface area contributed by atoms with Crippen molar-refractivity contribution in [2.24, 2.45) is 11.8 Å². The van der Waals surface area contributed by atoms with Gasteiger partial charge in [0.05, 0.1) is 45.7 Å². The van der Waals surface area contributed by atoms with Crippen LogP contribution < -0.4 is 24.4 Å². The third-order valence-corrected chi connectivity index (χ3v) is 6.63. The van der Waals surface area contributed by atoms with E-state index in [0.29, 0.717) is 61.2 Å². The van der Waals surface area contributed by atoms with Crippen molar-refractivity contribution < 1.29 is 33.0 Å². The lowest BCUT2D eigenvalue weighted by atomic mass is 9.94. The van der Waals surface area contributed by atoms with E-state index in [4.69, 9.17) is 18.6 Å². The summed E-state index contributed by atoms with van der Waals surface area (Å²) < 4.78 is 21.4. The largest absolute Gasteiger partial charge is 0.493 e. The van der Waals surface area contributed by atoms with Crippen LogP contribution in [0, 0.1) is 11.8 Å². The van der Waals surface area contributed by atoms with Gasteiger partial charge in [0.25, 0.3) is 0 Å². The number of carbonyl (C=O) groups is 3. The Morgan fingerprint density at radius 1 is 1.06 bits per heavy atom. The number of hydrogen-bond donors (Lipinski definition) is 1. The SMILES string of the molecule is COc1cc(N2CC(C(=O)N3CCC(C(=O)NCc4ccco4)CC3)CC2=O)cc(OC)c1OC. The van der Waals surface area contributed by atoms with Gasteiger partial charge in [-0.1, -0.05) is 0 Å².